The first-order chi connectivity index (χ1) is 7.47. The second-order valence-electron chi connectivity index (χ2n) is 3.52. The van der Waals surface area contributed by atoms with Crippen LogP contribution in [0.25, 0.3) is 0 Å². The van der Waals surface area contributed by atoms with Gasteiger partial charge in [0.15, 0.2) is 0 Å². The predicted molar refractivity (Wildman–Crippen MR) is 62.2 cm³/mol. The molecule has 1 rings (SSSR count). The first-order valence-electron chi connectivity index (χ1n) is 4.81. The maximum Gasteiger partial charge on any atom is 0.144 e. The number of aliphatic hydroxyl groups excluding tert-OH is 2. The molecule has 0 radical (unpaired) electrons. The molecule has 0 heterocycles. The van der Waals surface area contributed by atoms with Crippen LogP contribution >= 0.6 is 11.6 Å². The van der Waals surface area contributed by atoms with E-state index in [-0.39, 0.29) is 35.0 Å². The Bertz CT molecular complexity index is 373. The van der Waals surface area contributed by atoms with Gasteiger partial charge >= 0.3 is 0 Å². The van der Waals surface area contributed by atoms with Crippen molar-refractivity contribution in [2.24, 2.45) is 5.73 Å². The van der Waals surface area contributed by atoms with E-state index >= 15 is 0 Å². The highest BCUT2D eigenvalue weighted by atomic mass is 35.5. The number of aliphatic hydroxyl groups is 2. The molecule has 0 aromatic heterocycles. The minimum absolute atomic E-state index is 0.0569. The highest BCUT2D eigenvalue weighted by Crippen LogP contribution is 2.34. The molecule has 0 spiro atoms. The Balaban J connectivity index is 3.03. The summed E-state index contributed by atoms with van der Waals surface area (Å²) in [6.45, 7) is 0.231. The van der Waals surface area contributed by atoms with E-state index in [9.17, 15) is 15.3 Å². The molecule has 1 aromatic carbocycles. The molecule has 0 fully saturated rings. The van der Waals surface area contributed by atoms with Crippen molar-refractivity contribution in [2.45, 2.75) is 18.6 Å². The second kappa shape index (κ2) is 5.36. The Kier molecular flexibility index (Phi) is 4.37. The van der Waals surface area contributed by atoms with Gasteiger partial charge in [-0.05, 0) is 25.1 Å². The van der Waals surface area contributed by atoms with Crippen molar-refractivity contribution in [1.29, 1.82) is 0 Å². The van der Waals surface area contributed by atoms with Crippen molar-refractivity contribution in [3.63, 3.8) is 0 Å². The maximum absolute atomic E-state index is 9.77. The van der Waals surface area contributed by atoms with E-state index in [1.165, 1.54) is 12.1 Å². The average molecular weight is 247 g/mol. The van der Waals surface area contributed by atoms with Gasteiger partial charge in [-0.2, -0.15) is 0 Å². The van der Waals surface area contributed by atoms with Gasteiger partial charge in [0.2, 0.25) is 0 Å². The molecule has 6 heteroatoms. The zero-order valence-corrected chi connectivity index (χ0v) is 9.35. The minimum atomic E-state index is -1.26. The highest BCUT2D eigenvalue weighted by molar-refractivity contribution is 6.31. The molecule has 0 aliphatic rings. The molecule has 90 valence electrons. The molecule has 2 unspecified atom stereocenters. The monoisotopic (exact) mass is 246 g/mol. The number of rotatable bonds is 4. The Morgan fingerprint density at radius 2 is 1.94 bits per heavy atom. The largest absolute Gasteiger partial charge is 0.505 e. The van der Waals surface area contributed by atoms with Crippen LogP contribution in [0.2, 0.25) is 5.02 Å². The molecule has 0 amide bonds. The summed E-state index contributed by atoms with van der Waals surface area (Å²) < 4.78 is 0. The van der Waals surface area contributed by atoms with Gasteiger partial charge in [0.1, 0.15) is 11.9 Å². The van der Waals surface area contributed by atoms with E-state index in [0.717, 1.165) is 0 Å². The van der Waals surface area contributed by atoms with Gasteiger partial charge in [0.25, 0.3) is 0 Å². The molecule has 0 bridgehead atoms. The van der Waals surface area contributed by atoms with Crippen molar-refractivity contribution in [3.8, 4) is 5.75 Å². The van der Waals surface area contributed by atoms with Crippen LogP contribution in [-0.2, 0) is 0 Å². The topological polar surface area (TPSA) is 113 Å². The van der Waals surface area contributed by atoms with Gasteiger partial charge in [-0.15, -0.1) is 0 Å². The third kappa shape index (κ3) is 2.76. The van der Waals surface area contributed by atoms with Gasteiger partial charge in [0, 0.05) is 10.6 Å². The van der Waals surface area contributed by atoms with Gasteiger partial charge in [-0.1, -0.05) is 11.6 Å². The Morgan fingerprint density at radius 3 is 2.50 bits per heavy atom. The van der Waals surface area contributed by atoms with Crippen LogP contribution in [0.3, 0.4) is 0 Å². The van der Waals surface area contributed by atoms with E-state index in [1.807, 2.05) is 0 Å². The van der Waals surface area contributed by atoms with E-state index < -0.39 is 12.2 Å². The van der Waals surface area contributed by atoms with Crippen molar-refractivity contribution in [1.82, 2.24) is 0 Å². The first-order valence-corrected chi connectivity index (χ1v) is 5.19. The fraction of sp³-hybridized carbons (Fsp3) is 0.400. The Labute approximate surface area is 98.3 Å². The summed E-state index contributed by atoms with van der Waals surface area (Å²) in [6.07, 6.45) is -2.11. The van der Waals surface area contributed by atoms with Gasteiger partial charge in [-0.25, -0.2) is 0 Å². The van der Waals surface area contributed by atoms with E-state index in [2.05, 4.69) is 0 Å². The summed E-state index contributed by atoms with van der Waals surface area (Å²) in [7, 11) is 0. The summed E-state index contributed by atoms with van der Waals surface area (Å²) in [5.74, 6) is -0.270. The van der Waals surface area contributed by atoms with Crippen LogP contribution in [-0.4, -0.2) is 28.0 Å². The molecule has 16 heavy (non-hydrogen) atoms. The molecular weight excluding hydrogens is 232 g/mol. The third-order valence-corrected chi connectivity index (χ3v) is 2.50. The van der Waals surface area contributed by atoms with E-state index in [4.69, 9.17) is 23.1 Å². The quantitative estimate of drug-likeness (QED) is 0.389. The molecule has 0 aliphatic heterocycles. The van der Waals surface area contributed by atoms with Gasteiger partial charge < -0.3 is 26.8 Å². The van der Waals surface area contributed by atoms with Crippen molar-refractivity contribution >= 4 is 17.3 Å². The fourth-order valence-corrected chi connectivity index (χ4v) is 1.64. The lowest BCUT2D eigenvalue weighted by Crippen LogP contribution is -2.22. The third-order valence-electron chi connectivity index (χ3n) is 2.28. The molecular formula is C10H15ClN2O3. The number of halogens is 1. The van der Waals surface area contributed by atoms with Crippen molar-refractivity contribution in [3.05, 3.63) is 22.7 Å². The number of phenols is 1. The number of hydrogen-bond donors (Lipinski definition) is 5. The van der Waals surface area contributed by atoms with Gasteiger partial charge in [-0.3, -0.25) is 0 Å². The number of nitrogen functional groups attached to an aromatic ring is 1. The van der Waals surface area contributed by atoms with Crippen molar-refractivity contribution in [2.75, 3.05) is 12.3 Å². The van der Waals surface area contributed by atoms with Crippen LogP contribution in [0.15, 0.2) is 12.1 Å². The molecule has 0 saturated heterocycles. The number of hydrogen-bond acceptors (Lipinski definition) is 5. The molecule has 2 atom stereocenters. The average Bonchev–Trinajstić information content (AvgIpc) is 2.22. The number of aromatic hydroxyl groups is 1. The Hall–Kier alpha value is -1.01. The van der Waals surface area contributed by atoms with E-state index in [0.29, 0.717) is 0 Å². The molecule has 5 nitrogen and oxygen atoms in total. The molecule has 1 aromatic rings. The lowest BCUT2D eigenvalue weighted by molar-refractivity contribution is 0.0138. The number of benzene rings is 1. The van der Waals surface area contributed by atoms with Crippen LogP contribution in [0.5, 0.6) is 5.75 Å². The summed E-state index contributed by atoms with van der Waals surface area (Å²) >= 11 is 5.74. The smallest absolute Gasteiger partial charge is 0.144 e. The Morgan fingerprint density at radius 1 is 1.31 bits per heavy atom. The zero-order chi connectivity index (χ0) is 12.3. The highest BCUT2D eigenvalue weighted by Gasteiger charge is 2.22. The SMILES string of the molecule is NCCC(O)C(O)c1cc(Cl)cc(N)c1O. The fourth-order valence-electron chi connectivity index (χ4n) is 1.40. The minimum Gasteiger partial charge on any atom is -0.505 e. The lowest BCUT2D eigenvalue weighted by Gasteiger charge is -2.19. The summed E-state index contributed by atoms with van der Waals surface area (Å²) in [5, 5.41) is 29.2. The first kappa shape index (κ1) is 13.1. The maximum atomic E-state index is 9.77. The van der Waals surface area contributed by atoms with E-state index in [1.54, 1.807) is 0 Å². The molecule has 0 saturated carbocycles. The normalized spacial score (nSPS) is 14.8. The summed E-state index contributed by atoms with van der Waals surface area (Å²) in [6, 6.07) is 2.72. The number of nitrogens with two attached hydrogens (primary N) is 2. The lowest BCUT2D eigenvalue weighted by atomic mass is 10.0. The zero-order valence-electron chi connectivity index (χ0n) is 8.60. The molecule has 7 N–H and O–H groups in total. The summed E-state index contributed by atoms with van der Waals surface area (Å²) in [5.41, 5.74) is 10.9. The number of phenolic OH excluding ortho intramolecular Hbond substituents is 1. The standard InChI is InChI=1S/C10H15ClN2O3/c11-5-3-6(9(15)7(13)4-5)10(16)8(14)1-2-12/h3-4,8,10,14-16H,1-2,12-13H2. The van der Waals surface area contributed by atoms with Crippen LogP contribution in [0.4, 0.5) is 5.69 Å². The van der Waals surface area contributed by atoms with Crippen LogP contribution < -0.4 is 11.5 Å². The summed E-state index contributed by atoms with van der Waals surface area (Å²) in [4.78, 5) is 0. The van der Waals surface area contributed by atoms with Crippen LogP contribution in [0, 0.1) is 0 Å². The van der Waals surface area contributed by atoms with Crippen LogP contribution in [0.1, 0.15) is 18.1 Å². The van der Waals surface area contributed by atoms with Crippen molar-refractivity contribution < 1.29 is 15.3 Å². The predicted octanol–water partition coefficient (Wildman–Crippen LogP) is 0.371. The molecule has 0 aliphatic carbocycles. The second-order valence-corrected chi connectivity index (χ2v) is 3.96. The number of anilines is 1. The van der Waals surface area contributed by atoms with Gasteiger partial charge in [0.05, 0.1) is 11.8 Å².